The van der Waals surface area contributed by atoms with Gasteiger partial charge >= 0.3 is 5.97 Å². The molecular weight excluding hydrogens is 263 g/mol. The van der Waals surface area contributed by atoms with Crippen LogP contribution in [0.1, 0.15) is 15.9 Å². The van der Waals surface area contributed by atoms with E-state index < -0.39 is 11.8 Å². The maximum Gasteiger partial charge on any atom is 0.338 e. The van der Waals surface area contributed by atoms with Crippen LogP contribution in [-0.4, -0.2) is 18.1 Å². The number of carbonyl (C=O) groups is 1. The number of rotatable bonds is 4. The lowest BCUT2D eigenvalue weighted by atomic mass is 10.2. The highest BCUT2D eigenvalue weighted by Gasteiger charge is 2.11. The number of nitrogens with zero attached hydrogens (tertiary/aromatic N) is 1. The average molecular weight is 276 g/mol. The fourth-order valence-electron chi connectivity index (χ4n) is 1.67. The molecule has 1 heterocycles. The van der Waals surface area contributed by atoms with Gasteiger partial charge in [-0.15, -0.1) is 0 Å². The first kappa shape index (κ1) is 13.8. The molecule has 0 bridgehead atoms. The Morgan fingerprint density at radius 3 is 2.90 bits per heavy atom. The summed E-state index contributed by atoms with van der Waals surface area (Å²) < 4.78 is 23.3. The van der Waals surface area contributed by atoms with Gasteiger partial charge in [0.15, 0.2) is 0 Å². The first-order valence-corrected chi connectivity index (χ1v) is 5.81. The predicted octanol–water partition coefficient (Wildman–Crippen LogP) is 2.17. The lowest BCUT2D eigenvalue weighted by molar-refractivity contribution is 0.0469. The molecule has 1 aromatic heterocycles. The summed E-state index contributed by atoms with van der Waals surface area (Å²) in [6.07, 6.45) is 1.57. The minimum absolute atomic E-state index is 0.0216. The van der Waals surface area contributed by atoms with E-state index in [-0.39, 0.29) is 17.9 Å². The molecule has 0 unspecified atom stereocenters. The molecule has 0 spiro atoms. The number of ether oxygens (including phenoxy) is 2. The number of benzene rings is 1. The number of nitrogen functional groups attached to an aromatic ring is 1. The molecular formula is C14H13FN2O3. The minimum atomic E-state index is -0.665. The largest absolute Gasteiger partial charge is 0.481 e. The summed E-state index contributed by atoms with van der Waals surface area (Å²) in [6, 6.07) is 6.97. The Bertz CT molecular complexity index is 611. The van der Waals surface area contributed by atoms with Crippen LogP contribution in [0.4, 0.5) is 10.1 Å². The van der Waals surface area contributed by atoms with Gasteiger partial charge in [0.2, 0.25) is 5.88 Å². The summed E-state index contributed by atoms with van der Waals surface area (Å²) in [5.74, 6) is -0.878. The molecule has 1 aromatic carbocycles. The second-order valence-corrected chi connectivity index (χ2v) is 4.02. The Morgan fingerprint density at radius 1 is 1.40 bits per heavy atom. The van der Waals surface area contributed by atoms with E-state index in [0.717, 1.165) is 12.1 Å². The summed E-state index contributed by atoms with van der Waals surface area (Å²) >= 11 is 0. The van der Waals surface area contributed by atoms with E-state index in [1.165, 1.54) is 13.2 Å². The number of methoxy groups -OCH3 is 1. The number of pyridine rings is 1. The second-order valence-electron chi connectivity index (χ2n) is 4.02. The summed E-state index contributed by atoms with van der Waals surface area (Å²) in [4.78, 5) is 15.8. The topological polar surface area (TPSA) is 74.4 Å². The molecule has 20 heavy (non-hydrogen) atoms. The van der Waals surface area contributed by atoms with E-state index >= 15 is 0 Å². The number of hydrogen-bond donors (Lipinski definition) is 1. The maximum absolute atomic E-state index is 13.2. The van der Waals surface area contributed by atoms with Crippen LogP contribution < -0.4 is 10.5 Å². The van der Waals surface area contributed by atoms with Crippen LogP contribution in [0.25, 0.3) is 0 Å². The zero-order chi connectivity index (χ0) is 14.5. The van der Waals surface area contributed by atoms with E-state index in [2.05, 4.69) is 4.98 Å². The molecule has 0 saturated carbocycles. The summed E-state index contributed by atoms with van der Waals surface area (Å²) in [5, 5.41) is 0. The third-order valence-electron chi connectivity index (χ3n) is 2.56. The second kappa shape index (κ2) is 6.01. The molecule has 0 saturated heterocycles. The molecule has 2 N–H and O–H groups in total. The van der Waals surface area contributed by atoms with Gasteiger partial charge in [0.1, 0.15) is 12.4 Å². The van der Waals surface area contributed by atoms with Crippen molar-refractivity contribution in [2.45, 2.75) is 6.61 Å². The van der Waals surface area contributed by atoms with Gasteiger partial charge in [0.05, 0.1) is 18.2 Å². The van der Waals surface area contributed by atoms with Gasteiger partial charge in [0, 0.05) is 11.9 Å². The number of carbonyl (C=O) groups excluding carboxylic acids is 1. The minimum Gasteiger partial charge on any atom is -0.481 e. The van der Waals surface area contributed by atoms with Gasteiger partial charge in [-0.1, -0.05) is 0 Å². The van der Waals surface area contributed by atoms with Crippen LogP contribution in [0.15, 0.2) is 36.5 Å². The number of esters is 1. The van der Waals surface area contributed by atoms with Crippen molar-refractivity contribution in [3.8, 4) is 5.88 Å². The fraction of sp³-hybridized carbons (Fsp3) is 0.143. The molecule has 0 aliphatic carbocycles. The quantitative estimate of drug-likeness (QED) is 0.684. The Labute approximate surface area is 115 Å². The first-order chi connectivity index (χ1) is 9.60. The molecule has 0 aliphatic rings. The van der Waals surface area contributed by atoms with Gasteiger partial charge in [-0.05, 0) is 30.3 Å². The van der Waals surface area contributed by atoms with Gasteiger partial charge < -0.3 is 15.2 Å². The fourth-order valence-corrected chi connectivity index (χ4v) is 1.67. The van der Waals surface area contributed by atoms with Crippen molar-refractivity contribution in [3.05, 3.63) is 53.5 Å². The highest BCUT2D eigenvalue weighted by atomic mass is 19.1. The SMILES string of the molecule is COc1ncccc1COC(=O)c1cc(N)cc(F)c1. The highest BCUT2D eigenvalue weighted by molar-refractivity contribution is 5.90. The van der Waals surface area contributed by atoms with Crippen LogP contribution >= 0.6 is 0 Å². The third kappa shape index (κ3) is 3.23. The van der Waals surface area contributed by atoms with Crippen LogP contribution in [-0.2, 0) is 11.3 Å². The summed E-state index contributed by atoms with van der Waals surface area (Å²) in [6.45, 7) is -0.0216. The lowest BCUT2D eigenvalue weighted by Gasteiger charge is -2.08. The summed E-state index contributed by atoms with van der Waals surface area (Å²) in [5.41, 5.74) is 6.31. The van der Waals surface area contributed by atoms with Gasteiger partial charge in [-0.2, -0.15) is 0 Å². The van der Waals surface area contributed by atoms with Gasteiger partial charge in [-0.3, -0.25) is 0 Å². The van der Waals surface area contributed by atoms with E-state index in [9.17, 15) is 9.18 Å². The molecule has 104 valence electrons. The van der Waals surface area contributed by atoms with E-state index in [4.69, 9.17) is 15.2 Å². The molecule has 0 amide bonds. The molecule has 2 aromatic rings. The number of aromatic nitrogens is 1. The van der Waals surface area contributed by atoms with E-state index in [0.29, 0.717) is 11.4 Å². The summed E-state index contributed by atoms with van der Waals surface area (Å²) in [7, 11) is 1.47. The van der Waals surface area contributed by atoms with Crippen molar-refractivity contribution in [1.82, 2.24) is 4.98 Å². The predicted molar refractivity (Wildman–Crippen MR) is 70.7 cm³/mol. The Morgan fingerprint density at radius 2 is 2.20 bits per heavy atom. The number of nitrogens with two attached hydrogens (primary N) is 1. The Balaban J connectivity index is 2.08. The smallest absolute Gasteiger partial charge is 0.338 e. The van der Waals surface area contributed by atoms with Crippen molar-refractivity contribution in [2.24, 2.45) is 0 Å². The van der Waals surface area contributed by atoms with Crippen molar-refractivity contribution in [1.29, 1.82) is 0 Å². The molecule has 6 heteroatoms. The highest BCUT2D eigenvalue weighted by Crippen LogP contribution is 2.17. The van der Waals surface area contributed by atoms with Crippen molar-refractivity contribution < 1.29 is 18.7 Å². The van der Waals surface area contributed by atoms with Crippen LogP contribution in [0.3, 0.4) is 0 Å². The van der Waals surface area contributed by atoms with E-state index in [1.807, 2.05) is 0 Å². The molecule has 5 nitrogen and oxygen atoms in total. The average Bonchev–Trinajstić information content (AvgIpc) is 2.44. The van der Waals surface area contributed by atoms with Crippen LogP contribution in [0, 0.1) is 5.82 Å². The zero-order valence-electron chi connectivity index (χ0n) is 10.8. The number of anilines is 1. The monoisotopic (exact) mass is 276 g/mol. The normalized spacial score (nSPS) is 10.1. The van der Waals surface area contributed by atoms with Crippen LogP contribution in [0.2, 0.25) is 0 Å². The van der Waals surface area contributed by atoms with Crippen molar-refractivity contribution in [2.75, 3.05) is 12.8 Å². The molecule has 0 radical (unpaired) electrons. The molecule has 0 fully saturated rings. The van der Waals surface area contributed by atoms with E-state index in [1.54, 1.807) is 18.3 Å². The standard InChI is InChI=1S/C14H13FN2O3/c1-19-13-9(3-2-4-17-13)8-20-14(18)10-5-11(15)7-12(16)6-10/h2-7H,8,16H2,1H3. The van der Waals surface area contributed by atoms with Gasteiger partial charge in [-0.25, -0.2) is 14.2 Å². The van der Waals surface area contributed by atoms with Gasteiger partial charge in [0.25, 0.3) is 0 Å². The van der Waals surface area contributed by atoms with Crippen LogP contribution in [0.5, 0.6) is 5.88 Å². The first-order valence-electron chi connectivity index (χ1n) is 5.81. The number of hydrogen-bond acceptors (Lipinski definition) is 5. The molecule has 0 aliphatic heterocycles. The Kier molecular flexibility index (Phi) is 4.14. The Hall–Kier alpha value is -2.63. The zero-order valence-corrected chi connectivity index (χ0v) is 10.8. The van der Waals surface area contributed by atoms with Crippen molar-refractivity contribution in [3.63, 3.8) is 0 Å². The maximum atomic E-state index is 13.2. The lowest BCUT2D eigenvalue weighted by Crippen LogP contribution is -2.07. The number of halogens is 1. The molecule has 2 rings (SSSR count). The third-order valence-corrected chi connectivity index (χ3v) is 2.56. The van der Waals surface area contributed by atoms with Crippen molar-refractivity contribution >= 4 is 11.7 Å². The molecule has 0 atom stereocenters.